The van der Waals surface area contributed by atoms with E-state index in [2.05, 4.69) is 21.2 Å². The molecule has 0 bridgehead atoms. The predicted molar refractivity (Wildman–Crippen MR) is 81.8 cm³/mol. The second-order valence-corrected chi connectivity index (χ2v) is 5.26. The molecule has 1 heterocycles. The second-order valence-electron chi connectivity index (χ2n) is 4.40. The zero-order valence-electron chi connectivity index (χ0n) is 12.0. The molecule has 0 fully saturated rings. The van der Waals surface area contributed by atoms with Crippen molar-refractivity contribution in [3.63, 3.8) is 0 Å². The summed E-state index contributed by atoms with van der Waals surface area (Å²) in [6.07, 6.45) is 1.46. The van der Waals surface area contributed by atoms with Gasteiger partial charge < -0.3 is 19.2 Å². The molecular weight excluding hydrogens is 338 g/mol. The van der Waals surface area contributed by atoms with Gasteiger partial charge in [0.2, 0.25) is 0 Å². The average Bonchev–Trinajstić information content (AvgIpc) is 3.00. The highest BCUT2D eigenvalue weighted by Gasteiger charge is 2.18. The summed E-state index contributed by atoms with van der Waals surface area (Å²) in [5.74, 6) is 1.24. The van der Waals surface area contributed by atoms with Crippen LogP contribution in [0.15, 0.2) is 39.4 Å². The van der Waals surface area contributed by atoms with Crippen LogP contribution in [0.3, 0.4) is 0 Å². The first kappa shape index (κ1) is 15.4. The van der Waals surface area contributed by atoms with Crippen LogP contribution in [0, 0.1) is 0 Å². The Labute approximate surface area is 131 Å². The zero-order chi connectivity index (χ0) is 15.4. The predicted octanol–water partition coefficient (Wildman–Crippen LogP) is 3.55. The van der Waals surface area contributed by atoms with Crippen molar-refractivity contribution in [3.8, 4) is 11.5 Å². The van der Waals surface area contributed by atoms with Gasteiger partial charge in [0.15, 0.2) is 17.3 Å². The Morgan fingerprint density at radius 3 is 2.52 bits per heavy atom. The molecule has 21 heavy (non-hydrogen) atoms. The number of furan rings is 1. The molecule has 0 aliphatic heterocycles. The number of halogens is 1. The van der Waals surface area contributed by atoms with Gasteiger partial charge >= 0.3 is 0 Å². The summed E-state index contributed by atoms with van der Waals surface area (Å²) < 4.78 is 16.4. The van der Waals surface area contributed by atoms with Crippen LogP contribution in [-0.4, -0.2) is 20.1 Å². The van der Waals surface area contributed by atoms with Gasteiger partial charge in [-0.2, -0.15) is 0 Å². The van der Waals surface area contributed by atoms with E-state index in [1.165, 1.54) is 6.26 Å². The molecule has 1 atom stereocenters. The monoisotopic (exact) mass is 353 g/mol. The van der Waals surface area contributed by atoms with Crippen molar-refractivity contribution < 1.29 is 18.7 Å². The normalized spacial score (nSPS) is 11.8. The Balaban J connectivity index is 2.22. The number of hydrogen-bond donors (Lipinski definition) is 1. The molecule has 0 spiro atoms. The number of amides is 1. The maximum Gasteiger partial charge on any atom is 0.287 e. The number of carbonyl (C=O) groups excluding carboxylic acids is 1. The highest BCUT2D eigenvalue weighted by molar-refractivity contribution is 9.10. The Bertz CT molecular complexity index is 625. The average molecular weight is 354 g/mol. The van der Waals surface area contributed by atoms with E-state index < -0.39 is 0 Å². The molecule has 1 amide bonds. The van der Waals surface area contributed by atoms with Gasteiger partial charge in [0, 0.05) is 4.47 Å². The lowest BCUT2D eigenvalue weighted by molar-refractivity contribution is 0.0911. The molecule has 1 N–H and O–H groups in total. The van der Waals surface area contributed by atoms with Gasteiger partial charge in [-0.1, -0.05) is 15.9 Å². The summed E-state index contributed by atoms with van der Waals surface area (Å²) in [6.45, 7) is 1.88. The molecule has 0 aliphatic rings. The molecule has 2 aromatic rings. The van der Waals surface area contributed by atoms with E-state index in [1.807, 2.05) is 19.1 Å². The van der Waals surface area contributed by atoms with Crippen LogP contribution in [-0.2, 0) is 0 Å². The van der Waals surface area contributed by atoms with Crippen molar-refractivity contribution in [2.75, 3.05) is 14.2 Å². The van der Waals surface area contributed by atoms with E-state index in [-0.39, 0.29) is 17.7 Å². The number of rotatable bonds is 5. The van der Waals surface area contributed by atoms with Crippen molar-refractivity contribution >= 4 is 21.8 Å². The lowest BCUT2D eigenvalue weighted by atomic mass is 10.1. The number of methoxy groups -OCH3 is 2. The van der Waals surface area contributed by atoms with E-state index in [9.17, 15) is 4.79 Å². The van der Waals surface area contributed by atoms with Crippen LogP contribution in [0.2, 0.25) is 0 Å². The third-order valence-electron chi connectivity index (χ3n) is 3.06. The molecular formula is C15H16BrNO4. The first-order valence-electron chi connectivity index (χ1n) is 6.32. The Morgan fingerprint density at radius 2 is 1.95 bits per heavy atom. The molecule has 0 radical (unpaired) electrons. The van der Waals surface area contributed by atoms with Gasteiger partial charge in [-0.25, -0.2) is 0 Å². The molecule has 2 rings (SSSR count). The van der Waals surface area contributed by atoms with E-state index in [0.717, 1.165) is 10.0 Å². The Kier molecular flexibility index (Phi) is 4.90. The fourth-order valence-corrected chi connectivity index (χ4v) is 2.62. The van der Waals surface area contributed by atoms with Crippen molar-refractivity contribution in [3.05, 3.63) is 46.3 Å². The van der Waals surface area contributed by atoms with Gasteiger partial charge in [0.25, 0.3) is 5.91 Å². The summed E-state index contributed by atoms with van der Waals surface area (Å²) in [7, 11) is 3.15. The number of nitrogens with one attached hydrogen (secondary N) is 1. The summed E-state index contributed by atoms with van der Waals surface area (Å²) in [6, 6.07) is 6.70. The highest BCUT2D eigenvalue weighted by Crippen LogP contribution is 2.35. The standard InChI is InChI=1S/C15H16BrNO4/c1-9(17-15(18)12-5-4-6-21-12)10-7-13(19-2)14(20-3)8-11(10)16/h4-9H,1-3H3,(H,17,18). The lowest BCUT2D eigenvalue weighted by Crippen LogP contribution is -2.26. The van der Waals surface area contributed by atoms with Crippen LogP contribution in [0.25, 0.3) is 0 Å². The second kappa shape index (κ2) is 6.67. The number of ether oxygens (including phenoxy) is 2. The van der Waals surface area contributed by atoms with Crippen molar-refractivity contribution in [2.24, 2.45) is 0 Å². The number of carbonyl (C=O) groups is 1. The van der Waals surface area contributed by atoms with E-state index in [1.54, 1.807) is 26.4 Å². The summed E-state index contributed by atoms with van der Waals surface area (Å²) >= 11 is 3.48. The minimum absolute atomic E-state index is 0.225. The van der Waals surface area contributed by atoms with Crippen molar-refractivity contribution in [1.82, 2.24) is 5.32 Å². The van der Waals surface area contributed by atoms with Gasteiger partial charge in [-0.05, 0) is 36.8 Å². The van der Waals surface area contributed by atoms with Gasteiger partial charge in [-0.3, -0.25) is 4.79 Å². The molecule has 6 heteroatoms. The summed E-state index contributed by atoms with van der Waals surface area (Å²) in [4.78, 5) is 12.0. The fourth-order valence-electron chi connectivity index (χ4n) is 1.96. The summed E-state index contributed by atoms with van der Waals surface area (Å²) in [5, 5.41) is 2.87. The van der Waals surface area contributed by atoms with Gasteiger partial charge in [0.05, 0.1) is 26.5 Å². The first-order valence-corrected chi connectivity index (χ1v) is 7.12. The maximum atomic E-state index is 12.0. The number of hydrogen-bond acceptors (Lipinski definition) is 4. The van der Waals surface area contributed by atoms with E-state index in [0.29, 0.717) is 11.5 Å². The fraction of sp³-hybridized carbons (Fsp3) is 0.267. The molecule has 1 aromatic heterocycles. The third kappa shape index (κ3) is 3.39. The van der Waals surface area contributed by atoms with Crippen LogP contribution in [0.5, 0.6) is 11.5 Å². The van der Waals surface area contributed by atoms with Gasteiger partial charge in [-0.15, -0.1) is 0 Å². The molecule has 0 aliphatic carbocycles. The van der Waals surface area contributed by atoms with E-state index >= 15 is 0 Å². The number of benzene rings is 1. The largest absolute Gasteiger partial charge is 0.493 e. The smallest absolute Gasteiger partial charge is 0.287 e. The molecule has 1 unspecified atom stereocenters. The minimum atomic E-state index is -0.269. The van der Waals surface area contributed by atoms with Crippen molar-refractivity contribution in [1.29, 1.82) is 0 Å². The summed E-state index contributed by atoms with van der Waals surface area (Å²) in [5.41, 5.74) is 0.882. The quantitative estimate of drug-likeness (QED) is 0.892. The molecule has 5 nitrogen and oxygen atoms in total. The Hall–Kier alpha value is -1.95. The molecule has 0 saturated heterocycles. The van der Waals surface area contributed by atoms with Crippen LogP contribution in [0.1, 0.15) is 29.1 Å². The van der Waals surface area contributed by atoms with Crippen molar-refractivity contribution in [2.45, 2.75) is 13.0 Å². The molecule has 0 saturated carbocycles. The Morgan fingerprint density at radius 1 is 1.29 bits per heavy atom. The molecule has 112 valence electrons. The molecule has 1 aromatic carbocycles. The first-order chi connectivity index (χ1) is 10.1. The zero-order valence-corrected chi connectivity index (χ0v) is 13.6. The van der Waals surface area contributed by atoms with Crippen LogP contribution in [0.4, 0.5) is 0 Å². The topological polar surface area (TPSA) is 60.7 Å². The van der Waals surface area contributed by atoms with Gasteiger partial charge in [0.1, 0.15) is 0 Å². The lowest BCUT2D eigenvalue weighted by Gasteiger charge is -2.18. The third-order valence-corrected chi connectivity index (χ3v) is 3.75. The van der Waals surface area contributed by atoms with Crippen LogP contribution < -0.4 is 14.8 Å². The minimum Gasteiger partial charge on any atom is -0.493 e. The SMILES string of the molecule is COc1cc(Br)c(C(C)NC(=O)c2ccco2)cc1OC. The highest BCUT2D eigenvalue weighted by atomic mass is 79.9. The van der Waals surface area contributed by atoms with Crippen LogP contribution >= 0.6 is 15.9 Å². The maximum absolute atomic E-state index is 12.0. The van der Waals surface area contributed by atoms with E-state index in [4.69, 9.17) is 13.9 Å².